The smallest absolute Gasteiger partial charge is 0.265 e. The quantitative estimate of drug-likeness (QED) is 0.764. The van der Waals surface area contributed by atoms with Crippen LogP contribution in [0.15, 0.2) is 48.5 Å². The average Bonchev–Trinajstić information content (AvgIpc) is 2.78. The molecule has 6 nitrogen and oxygen atoms in total. The van der Waals surface area contributed by atoms with Crippen LogP contribution in [0.3, 0.4) is 0 Å². The Bertz CT molecular complexity index is 879. The van der Waals surface area contributed by atoms with Crippen LogP contribution < -0.4 is 15.0 Å². The fraction of sp³-hybridized carbons (Fsp3) is 0.417. The van der Waals surface area contributed by atoms with Crippen LogP contribution in [-0.4, -0.2) is 49.5 Å². The highest BCUT2D eigenvalue weighted by Gasteiger charge is 2.26. The molecule has 2 aromatic rings. The number of likely N-dealkylation sites (tertiary alicyclic amines) is 1. The molecule has 4 rings (SSSR count). The molecule has 2 amide bonds. The topological polar surface area (TPSA) is 61.9 Å². The van der Waals surface area contributed by atoms with Crippen LogP contribution in [0.25, 0.3) is 0 Å². The summed E-state index contributed by atoms with van der Waals surface area (Å²) in [6.07, 6.45) is 4.86. The van der Waals surface area contributed by atoms with Gasteiger partial charge in [0.15, 0.2) is 6.61 Å². The number of nitrogens with one attached hydrogen (secondary N) is 1. The second-order valence-corrected chi connectivity index (χ2v) is 7.95. The number of rotatable bonds is 7. The number of hydrogen-bond donors (Lipinski definition) is 1. The van der Waals surface area contributed by atoms with Crippen molar-refractivity contribution in [2.45, 2.75) is 32.1 Å². The van der Waals surface area contributed by atoms with E-state index in [4.69, 9.17) is 4.74 Å². The van der Waals surface area contributed by atoms with Gasteiger partial charge in [-0.15, -0.1) is 0 Å². The lowest BCUT2D eigenvalue weighted by Crippen LogP contribution is -2.44. The highest BCUT2D eigenvalue weighted by molar-refractivity contribution is 5.99. The summed E-state index contributed by atoms with van der Waals surface area (Å²) in [6, 6.07) is 15.5. The van der Waals surface area contributed by atoms with E-state index in [2.05, 4.69) is 10.2 Å². The summed E-state index contributed by atoms with van der Waals surface area (Å²) >= 11 is 0. The number of carbonyl (C=O) groups is 2. The van der Waals surface area contributed by atoms with Gasteiger partial charge in [-0.1, -0.05) is 36.8 Å². The molecule has 2 heterocycles. The van der Waals surface area contributed by atoms with Crippen molar-refractivity contribution in [3.63, 3.8) is 0 Å². The summed E-state index contributed by atoms with van der Waals surface area (Å²) in [7, 11) is 0. The Morgan fingerprint density at radius 1 is 1.00 bits per heavy atom. The third-order valence-electron chi connectivity index (χ3n) is 5.76. The van der Waals surface area contributed by atoms with Gasteiger partial charge in [0.1, 0.15) is 5.75 Å². The third-order valence-corrected chi connectivity index (χ3v) is 5.76. The van der Waals surface area contributed by atoms with Gasteiger partial charge in [-0.3, -0.25) is 9.59 Å². The van der Waals surface area contributed by atoms with E-state index in [9.17, 15) is 9.59 Å². The molecule has 0 aliphatic carbocycles. The SMILES string of the molecule is O=C(CCc1ccccc1)Nc1ccc2c(c1)N(CCN1CCCCC1)C(=O)CO2. The number of benzene rings is 2. The van der Waals surface area contributed by atoms with Gasteiger partial charge in [0.05, 0.1) is 5.69 Å². The van der Waals surface area contributed by atoms with Gasteiger partial charge in [-0.2, -0.15) is 0 Å². The van der Waals surface area contributed by atoms with Gasteiger partial charge in [0.2, 0.25) is 5.91 Å². The first-order valence-electron chi connectivity index (χ1n) is 10.8. The monoisotopic (exact) mass is 407 g/mol. The lowest BCUT2D eigenvalue weighted by atomic mass is 10.1. The Labute approximate surface area is 177 Å². The van der Waals surface area contributed by atoms with Gasteiger partial charge >= 0.3 is 0 Å². The molecular weight excluding hydrogens is 378 g/mol. The minimum Gasteiger partial charge on any atom is -0.482 e. The second kappa shape index (κ2) is 9.76. The van der Waals surface area contributed by atoms with Gasteiger partial charge in [0.25, 0.3) is 5.91 Å². The first-order valence-corrected chi connectivity index (χ1v) is 10.8. The van der Waals surface area contributed by atoms with E-state index in [0.29, 0.717) is 30.8 Å². The minimum atomic E-state index is -0.0401. The molecule has 0 radical (unpaired) electrons. The zero-order valence-corrected chi connectivity index (χ0v) is 17.3. The van der Waals surface area contributed by atoms with E-state index >= 15 is 0 Å². The molecule has 0 spiro atoms. The average molecular weight is 408 g/mol. The number of carbonyl (C=O) groups excluding carboxylic acids is 2. The van der Waals surface area contributed by atoms with Gasteiger partial charge in [-0.05, 0) is 56.1 Å². The summed E-state index contributed by atoms with van der Waals surface area (Å²) < 4.78 is 5.61. The molecule has 2 aliphatic heterocycles. The van der Waals surface area contributed by atoms with E-state index in [1.54, 1.807) is 4.90 Å². The van der Waals surface area contributed by atoms with Crippen molar-refractivity contribution in [1.29, 1.82) is 0 Å². The summed E-state index contributed by atoms with van der Waals surface area (Å²) in [5.41, 5.74) is 2.57. The lowest BCUT2D eigenvalue weighted by Gasteiger charge is -2.33. The van der Waals surface area contributed by atoms with Crippen molar-refractivity contribution < 1.29 is 14.3 Å². The zero-order chi connectivity index (χ0) is 20.8. The van der Waals surface area contributed by atoms with E-state index < -0.39 is 0 Å². The molecule has 158 valence electrons. The Kier molecular flexibility index (Phi) is 6.64. The van der Waals surface area contributed by atoms with Crippen molar-refractivity contribution in [1.82, 2.24) is 4.90 Å². The third kappa shape index (κ3) is 5.19. The summed E-state index contributed by atoms with van der Waals surface area (Å²) in [5.74, 6) is 0.615. The predicted octanol–water partition coefficient (Wildman–Crippen LogP) is 3.47. The molecule has 1 fully saturated rings. The largest absolute Gasteiger partial charge is 0.482 e. The fourth-order valence-corrected chi connectivity index (χ4v) is 4.08. The van der Waals surface area contributed by atoms with Crippen LogP contribution in [-0.2, 0) is 16.0 Å². The molecular formula is C24H29N3O3. The van der Waals surface area contributed by atoms with E-state index in [1.807, 2.05) is 48.5 Å². The van der Waals surface area contributed by atoms with Crippen molar-refractivity contribution in [3.05, 3.63) is 54.1 Å². The Balaban J connectivity index is 1.39. The second-order valence-electron chi connectivity index (χ2n) is 7.95. The summed E-state index contributed by atoms with van der Waals surface area (Å²) in [4.78, 5) is 29.1. The van der Waals surface area contributed by atoms with Crippen LogP contribution >= 0.6 is 0 Å². The number of ether oxygens (including phenoxy) is 1. The summed E-state index contributed by atoms with van der Waals surface area (Å²) in [5, 5.41) is 2.96. The van der Waals surface area contributed by atoms with E-state index in [1.165, 1.54) is 19.3 Å². The maximum Gasteiger partial charge on any atom is 0.265 e. The standard InChI is InChI=1S/C24H29N3O3/c28-23(12-9-19-7-3-1-4-8-19)25-20-10-11-22-21(17-20)27(24(29)18-30-22)16-15-26-13-5-2-6-14-26/h1,3-4,7-8,10-11,17H,2,5-6,9,12-16,18H2,(H,25,28). The van der Waals surface area contributed by atoms with Crippen LogP contribution in [0.5, 0.6) is 5.75 Å². The molecule has 1 saturated heterocycles. The van der Waals surface area contributed by atoms with E-state index in [0.717, 1.165) is 30.9 Å². The van der Waals surface area contributed by atoms with Gasteiger partial charge in [0, 0.05) is 25.2 Å². The molecule has 6 heteroatoms. The van der Waals surface area contributed by atoms with Gasteiger partial charge < -0.3 is 19.9 Å². The van der Waals surface area contributed by atoms with Crippen molar-refractivity contribution in [2.75, 3.05) is 43.0 Å². The van der Waals surface area contributed by atoms with Crippen LogP contribution in [0, 0.1) is 0 Å². The number of nitrogens with zero attached hydrogens (tertiary/aromatic N) is 2. The van der Waals surface area contributed by atoms with Crippen molar-refractivity contribution in [3.8, 4) is 5.75 Å². The molecule has 2 aliphatic rings. The number of aryl methyl sites for hydroxylation is 1. The Morgan fingerprint density at radius 3 is 2.60 bits per heavy atom. The molecule has 30 heavy (non-hydrogen) atoms. The number of anilines is 2. The maximum absolute atomic E-state index is 12.5. The molecule has 2 aromatic carbocycles. The van der Waals surface area contributed by atoms with Crippen LogP contribution in [0.4, 0.5) is 11.4 Å². The van der Waals surface area contributed by atoms with Crippen LogP contribution in [0.1, 0.15) is 31.2 Å². The summed E-state index contributed by atoms with van der Waals surface area (Å²) in [6.45, 7) is 3.76. The van der Waals surface area contributed by atoms with Crippen molar-refractivity contribution in [2.24, 2.45) is 0 Å². The number of hydrogen-bond acceptors (Lipinski definition) is 4. The highest BCUT2D eigenvalue weighted by atomic mass is 16.5. The first-order chi connectivity index (χ1) is 14.7. The van der Waals surface area contributed by atoms with Crippen molar-refractivity contribution >= 4 is 23.2 Å². The Hall–Kier alpha value is -2.86. The van der Waals surface area contributed by atoms with E-state index in [-0.39, 0.29) is 18.4 Å². The molecule has 0 aromatic heterocycles. The molecule has 0 atom stereocenters. The maximum atomic E-state index is 12.5. The molecule has 0 bridgehead atoms. The number of fused-ring (bicyclic) bond motifs is 1. The normalized spacial score (nSPS) is 16.7. The molecule has 0 saturated carbocycles. The van der Waals surface area contributed by atoms with Gasteiger partial charge in [-0.25, -0.2) is 0 Å². The Morgan fingerprint density at radius 2 is 1.80 bits per heavy atom. The minimum absolute atomic E-state index is 0.0351. The lowest BCUT2D eigenvalue weighted by molar-refractivity contribution is -0.121. The zero-order valence-electron chi connectivity index (χ0n) is 17.3. The highest BCUT2D eigenvalue weighted by Crippen LogP contribution is 2.34. The molecule has 0 unspecified atom stereocenters. The number of piperidine rings is 1. The first kappa shape index (κ1) is 20.4. The fourth-order valence-electron chi connectivity index (χ4n) is 4.08. The predicted molar refractivity (Wildman–Crippen MR) is 118 cm³/mol. The molecule has 1 N–H and O–H groups in total. The number of amides is 2. The van der Waals surface area contributed by atoms with Crippen LogP contribution in [0.2, 0.25) is 0 Å².